The van der Waals surface area contributed by atoms with E-state index in [0.717, 1.165) is 31.2 Å². The van der Waals surface area contributed by atoms with Crippen molar-refractivity contribution in [2.75, 3.05) is 11.8 Å². The molecule has 1 saturated carbocycles. The number of hydrogen-bond donors (Lipinski definition) is 2. The molecule has 0 spiro atoms. The summed E-state index contributed by atoms with van der Waals surface area (Å²) in [6.45, 7) is 0.397. The third-order valence-corrected chi connectivity index (χ3v) is 5.43. The van der Waals surface area contributed by atoms with Crippen LogP contribution < -0.4 is 10.5 Å². The monoisotopic (exact) mass is 297 g/mol. The van der Waals surface area contributed by atoms with E-state index in [2.05, 4.69) is 4.72 Å². The van der Waals surface area contributed by atoms with Crippen LogP contribution in [0.25, 0.3) is 0 Å². The molecule has 0 radical (unpaired) electrons. The van der Waals surface area contributed by atoms with Gasteiger partial charge in [0.05, 0.1) is 5.69 Å². The molecule has 0 aliphatic heterocycles. The van der Waals surface area contributed by atoms with Gasteiger partial charge in [0.2, 0.25) is 0 Å². The average molecular weight is 297 g/mol. The molecule has 1 fully saturated rings. The summed E-state index contributed by atoms with van der Waals surface area (Å²) in [5, 5.41) is 0. The third-order valence-electron chi connectivity index (χ3n) is 3.88. The average Bonchev–Trinajstić information content (AvgIpc) is 2.47. The highest BCUT2D eigenvalue weighted by molar-refractivity contribution is 7.90. The summed E-state index contributed by atoms with van der Waals surface area (Å²) < 4.78 is 28.9. The molecule has 1 aliphatic carbocycles. The minimum Gasteiger partial charge on any atom is -0.326 e. The number of nitrogens with one attached hydrogen (secondary N) is 1. The molecule has 0 bridgehead atoms. The number of anilines is 1. The van der Waals surface area contributed by atoms with Gasteiger partial charge < -0.3 is 5.73 Å². The van der Waals surface area contributed by atoms with E-state index in [4.69, 9.17) is 5.73 Å². The number of benzene rings is 1. The van der Waals surface area contributed by atoms with Crippen LogP contribution in [-0.4, -0.2) is 25.8 Å². The highest BCUT2D eigenvalue weighted by Crippen LogP contribution is 2.24. The molecule has 0 aromatic heterocycles. The smallest absolute Gasteiger partial charge is 0.301 e. The van der Waals surface area contributed by atoms with Crippen LogP contribution in [0.4, 0.5) is 5.69 Å². The zero-order chi connectivity index (χ0) is 14.6. The van der Waals surface area contributed by atoms with Crippen LogP contribution in [0.2, 0.25) is 0 Å². The zero-order valence-corrected chi connectivity index (χ0v) is 12.7. The minimum absolute atomic E-state index is 0.110. The minimum atomic E-state index is -3.50. The van der Waals surface area contributed by atoms with Gasteiger partial charge in [-0.1, -0.05) is 31.4 Å². The Bertz CT molecular complexity index is 539. The molecule has 1 aliphatic rings. The highest BCUT2D eigenvalue weighted by Gasteiger charge is 2.27. The Morgan fingerprint density at radius 2 is 2.00 bits per heavy atom. The number of nitrogens with two attached hydrogens (primary N) is 1. The SMILES string of the molecule is CN(C1CCCCC1)S(=O)(=O)Nc1cccc(CN)c1. The summed E-state index contributed by atoms with van der Waals surface area (Å²) in [5.74, 6) is 0. The first-order valence-corrected chi connectivity index (χ1v) is 8.52. The van der Waals surface area contributed by atoms with Crippen LogP contribution in [-0.2, 0) is 16.8 Å². The van der Waals surface area contributed by atoms with Crippen LogP contribution in [0.1, 0.15) is 37.7 Å². The Balaban J connectivity index is 2.09. The molecule has 2 rings (SSSR count). The van der Waals surface area contributed by atoms with E-state index in [1.165, 1.54) is 10.7 Å². The predicted molar refractivity (Wildman–Crippen MR) is 81.5 cm³/mol. The molecule has 20 heavy (non-hydrogen) atoms. The van der Waals surface area contributed by atoms with Gasteiger partial charge in [0.25, 0.3) is 0 Å². The summed E-state index contributed by atoms with van der Waals surface area (Å²) in [6, 6.07) is 7.31. The van der Waals surface area contributed by atoms with E-state index in [0.29, 0.717) is 12.2 Å². The number of hydrogen-bond acceptors (Lipinski definition) is 3. The molecule has 1 aromatic rings. The summed E-state index contributed by atoms with van der Waals surface area (Å²) >= 11 is 0. The van der Waals surface area contributed by atoms with Gasteiger partial charge in [-0.05, 0) is 30.5 Å². The van der Waals surface area contributed by atoms with Gasteiger partial charge in [-0.3, -0.25) is 4.72 Å². The van der Waals surface area contributed by atoms with Crippen molar-refractivity contribution in [2.45, 2.75) is 44.7 Å². The first kappa shape index (κ1) is 15.3. The normalized spacial score (nSPS) is 17.4. The molecule has 112 valence electrons. The van der Waals surface area contributed by atoms with Gasteiger partial charge in [-0.2, -0.15) is 12.7 Å². The second-order valence-corrected chi connectivity index (χ2v) is 7.05. The quantitative estimate of drug-likeness (QED) is 0.873. The highest BCUT2D eigenvalue weighted by atomic mass is 32.2. The van der Waals surface area contributed by atoms with E-state index in [1.807, 2.05) is 6.07 Å². The maximum absolute atomic E-state index is 12.4. The molecular weight excluding hydrogens is 274 g/mol. The Hall–Kier alpha value is -1.11. The molecule has 0 atom stereocenters. The van der Waals surface area contributed by atoms with Gasteiger partial charge in [-0.25, -0.2) is 0 Å². The fourth-order valence-corrected chi connectivity index (χ4v) is 3.80. The predicted octanol–water partition coefficient (Wildman–Crippen LogP) is 2.07. The molecule has 5 nitrogen and oxygen atoms in total. The molecular formula is C14H23N3O2S. The van der Waals surface area contributed by atoms with Gasteiger partial charge in [0.15, 0.2) is 0 Å². The molecule has 0 saturated heterocycles. The van der Waals surface area contributed by atoms with E-state index >= 15 is 0 Å². The second-order valence-electron chi connectivity index (χ2n) is 5.32. The Labute approximate surface area is 121 Å². The summed E-state index contributed by atoms with van der Waals surface area (Å²) in [6.07, 6.45) is 5.30. The van der Waals surface area contributed by atoms with E-state index < -0.39 is 10.2 Å². The van der Waals surface area contributed by atoms with Crippen molar-refractivity contribution >= 4 is 15.9 Å². The summed E-state index contributed by atoms with van der Waals surface area (Å²) in [4.78, 5) is 0. The van der Waals surface area contributed by atoms with Crippen LogP contribution in [0.3, 0.4) is 0 Å². The van der Waals surface area contributed by atoms with E-state index in [1.54, 1.807) is 25.2 Å². The fourth-order valence-electron chi connectivity index (χ4n) is 2.62. The summed E-state index contributed by atoms with van der Waals surface area (Å²) in [7, 11) is -1.84. The third kappa shape index (κ3) is 3.71. The van der Waals surface area contributed by atoms with E-state index in [9.17, 15) is 8.42 Å². The first-order chi connectivity index (χ1) is 9.53. The number of rotatable bonds is 5. The van der Waals surface area contributed by atoms with Crippen LogP contribution in [0.15, 0.2) is 24.3 Å². The van der Waals surface area contributed by atoms with Crippen LogP contribution >= 0.6 is 0 Å². The van der Waals surface area contributed by atoms with Gasteiger partial charge in [0, 0.05) is 19.6 Å². The fraction of sp³-hybridized carbons (Fsp3) is 0.571. The Kier molecular flexibility index (Phi) is 5.01. The van der Waals surface area contributed by atoms with Crippen LogP contribution in [0.5, 0.6) is 0 Å². The van der Waals surface area contributed by atoms with Gasteiger partial charge >= 0.3 is 10.2 Å². The maximum Gasteiger partial charge on any atom is 0.301 e. The largest absolute Gasteiger partial charge is 0.326 e. The Morgan fingerprint density at radius 1 is 1.30 bits per heavy atom. The van der Waals surface area contributed by atoms with Crippen molar-refractivity contribution < 1.29 is 8.42 Å². The molecule has 1 aromatic carbocycles. The van der Waals surface area contributed by atoms with Crippen molar-refractivity contribution in [1.82, 2.24) is 4.31 Å². The lowest BCUT2D eigenvalue weighted by atomic mass is 9.96. The van der Waals surface area contributed by atoms with E-state index in [-0.39, 0.29) is 6.04 Å². The van der Waals surface area contributed by atoms with Crippen molar-refractivity contribution in [3.8, 4) is 0 Å². The number of nitrogens with zero attached hydrogens (tertiary/aromatic N) is 1. The standard InChI is InChI=1S/C14H23N3O2S/c1-17(14-8-3-2-4-9-14)20(18,19)16-13-7-5-6-12(10-13)11-15/h5-7,10,14,16H,2-4,8-9,11,15H2,1H3. The lowest BCUT2D eigenvalue weighted by molar-refractivity contribution is 0.287. The van der Waals surface area contributed by atoms with Crippen molar-refractivity contribution in [3.05, 3.63) is 29.8 Å². The molecule has 0 unspecified atom stereocenters. The Morgan fingerprint density at radius 3 is 2.65 bits per heavy atom. The molecule has 0 heterocycles. The van der Waals surface area contributed by atoms with Gasteiger partial charge in [0.1, 0.15) is 0 Å². The van der Waals surface area contributed by atoms with Crippen molar-refractivity contribution in [3.63, 3.8) is 0 Å². The topological polar surface area (TPSA) is 75.4 Å². The lowest BCUT2D eigenvalue weighted by Gasteiger charge is -2.30. The first-order valence-electron chi connectivity index (χ1n) is 7.08. The molecule has 3 N–H and O–H groups in total. The molecule has 6 heteroatoms. The van der Waals surface area contributed by atoms with Crippen molar-refractivity contribution in [2.24, 2.45) is 5.73 Å². The van der Waals surface area contributed by atoms with Crippen molar-refractivity contribution in [1.29, 1.82) is 0 Å². The lowest BCUT2D eigenvalue weighted by Crippen LogP contribution is -2.41. The second kappa shape index (κ2) is 6.56. The van der Waals surface area contributed by atoms with Gasteiger partial charge in [-0.15, -0.1) is 0 Å². The molecule has 0 amide bonds. The zero-order valence-electron chi connectivity index (χ0n) is 11.9. The summed E-state index contributed by atoms with van der Waals surface area (Å²) in [5.41, 5.74) is 7.04. The maximum atomic E-state index is 12.4. The van der Waals surface area contributed by atoms with Crippen LogP contribution in [0, 0.1) is 0 Å².